The zero-order valence-corrected chi connectivity index (χ0v) is 12.5. The lowest BCUT2D eigenvalue weighted by Gasteiger charge is -2.34. The van der Waals surface area contributed by atoms with E-state index in [1.54, 1.807) is 23.3 Å². The second-order valence-corrected chi connectivity index (χ2v) is 6.89. The third-order valence-corrected chi connectivity index (χ3v) is 4.79. The first-order valence-corrected chi connectivity index (χ1v) is 8.46. The van der Waals surface area contributed by atoms with Crippen molar-refractivity contribution in [3.63, 3.8) is 0 Å². The van der Waals surface area contributed by atoms with Gasteiger partial charge in [-0.2, -0.15) is 9.40 Å². The molecule has 2 aromatic rings. The van der Waals surface area contributed by atoms with Gasteiger partial charge < -0.3 is 4.90 Å². The van der Waals surface area contributed by atoms with Gasteiger partial charge in [0.1, 0.15) is 0 Å². The van der Waals surface area contributed by atoms with Gasteiger partial charge in [-0.05, 0) is 6.07 Å². The van der Waals surface area contributed by atoms with Crippen LogP contribution < -0.4 is 4.90 Å². The standard InChI is InChI=1S/C13H16N5O2S/c1-21(19,20)17-9-7-16(8-10-17)12-3-5-14-13(11-12)18-6-2-4-15-18/h3-6,11H,7-10H2,1H3. The van der Waals surface area contributed by atoms with Crippen molar-refractivity contribution in [2.24, 2.45) is 0 Å². The lowest BCUT2D eigenvalue weighted by atomic mass is 10.3. The van der Waals surface area contributed by atoms with Gasteiger partial charge in [0.05, 0.1) is 12.5 Å². The van der Waals surface area contributed by atoms with Gasteiger partial charge in [0, 0.05) is 56.4 Å². The summed E-state index contributed by atoms with van der Waals surface area (Å²) in [5, 5.41) is 4.11. The van der Waals surface area contributed by atoms with E-state index in [4.69, 9.17) is 0 Å². The Bertz CT molecular complexity index is 706. The normalized spacial score (nSPS) is 17.1. The maximum atomic E-state index is 11.5. The second kappa shape index (κ2) is 5.45. The zero-order chi connectivity index (χ0) is 14.9. The third kappa shape index (κ3) is 3.06. The third-order valence-electron chi connectivity index (χ3n) is 3.49. The minimum Gasteiger partial charge on any atom is -0.369 e. The van der Waals surface area contributed by atoms with Crippen molar-refractivity contribution in [2.75, 3.05) is 37.3 Å². The molecule has 0 amide bonds. The number of piperazine rings is 1. The Morgan fingerprint density at radius 3 is 2.62 bits per heavy atom. The van der Waals surface area contributed by atoms with E-state index in [0.717, 1.165) is 11.5 Å². The molecule has 3 rings (SSSR count). The van der Waals surface area contributed by atoms with E-state index in [-0.39, 0.29) is 0 Å². The molecule has 0 bridgehead atoms. The molecular formula is C13H16N5O2S. The molecular weight excluding hydrogens is 290 g/mol. The van der Waals surface area contributed by atoms with Crippen LogP contribution in [0.2, 0.25) is 0 Å². The van der Waals surface area contributed by atoms with Crippen LogP contribution in [0.25, 0.3) is 5.82 Å². The Labute approximate surface area is 123 Å². The summed E-state index contributed by atoms with van der Waals surface area (Å²) in [6.45, 7) is 2.35. The van der Waals surface area contributed by atoms with Crippen LogP contribution in [0.3, 0.4) is 0 Å². The average Bonchev–Trinajstić information content (AvgIpc) is 3.01. The number of hydrogen-bond acceptors (Lipinski definition) is 5. The molecule has 0 saturated carbocycles. The molecule has 0 atom stereocenters. The molecule has 21 heavy (non-hydrogen) atoms. The molecule has 7 nitrogen and oxygen atoms in total. The van der Waals surface area contributed by atoms with E-state index in [2.05, 4.69) is 21.0 Å². The first-order valence-electron chi connectivity index (χ1n) is 6.61. The van der Waals surface area contributed by atoms with Crippen LogP contribution in [0.4, 0.5) is 5.69 Å². The molecule has 1 aliphatic heterocycles. The molecule has 2 aromatic heterocycles. The lowest BCUT2D eigenvalue weighted by Crippen LogP contribution is -2.48. The first-order chi connectivity index (χ1) is 10.0. The molecule has 1 fully saturated rings. The minimum absolute atomic E-state index is 0.506. The quantitative estimate of drug-likeness (QED) is 0.807. The van der Waals surface area contributed by atoms with Gasteiger partial charge in [-0.15, -0.1) is 0 Å². The van der Waals surface area contributed by atoms with Crippen molar-refractivity contribution < 1.29 is 8.42 Å². The number of pyridine rings is 1. The summed E-state index contributed by atoms with van der Waals surface area (Å²) >= 11 is 0. The monoisotopic (exact) mass is 306 g/mol. The Morgan fingerprint density at radius 1 is 1.24 bits per heavy atom. The van der Waals surface area contributed by atoms with Gasteiger partial charge in [0.15, 0.2) is 5.82 Å². The van der Waals surface area contributed by atoms with E-state index in [1.807, 2.05) is 12.1 Å². The molecule has 1 radical (unpaired) electrons. The Hall–Kier alpha value is -1.93. The van der Waals surface area contributed by atoms with Crippen molar-refractivity contribution in [1.82, 2.24) is 19.1 Å². The van der Waals surface area contributed by atoms with Crippen LogP contribution in [0, 0.1) is 6.07 Å². The number of anilines is 1. The Balaban J connectivity index is 1.76. The van der Waals surface area contributed by atoms with Crippen LogP contribution in [0.5, 0.6) is 0 Å². The SMILES string of the molecule is CS(=O)(=O)N1CCN(c2ccnc(-n3c[c]cn3)c2)CC1. The minimum atomic E-state index is -3.10. The lowest BCUT2D eigenvalue weighted by molar-refractivity contribution is 0.388. The maximum absolute atomic E-state index is 11.5. The van der Waals surface area contributed by atoms with Crippen LogP contribution in [0.15, 0.2) is 30.7 Å². The van der Waals surface area contributed by atoms with Crippen molar-refractivity contribution in [3.05, 3.63) is 36.8 Å². The molecule has 1 saturated heterocycles. The highest BCUT2D eigenvalue weighted by molar-refractivity contribution is 7.88. The highest BCUT2D eigenvalue weighted by Gasteiger charge is 2.23. The molecule has 8 heteroatoms. The Kier molecular flexibility index (Phi) is 3.64. The number of aromatic nitrogens is 3. The van der Waals surface area contributed by atoms with Crippen molar-refractivity contribution in [2.45, 2.75) is 0 Å². The van der Waals surface area contributed by atoms with Crippen LogP contribution in [-0.4, -0.2) is 59.9 Å². The fourth-order valence-electron chi connectivity index (χ4n) is 2.37. The summed E-state index contributed by atoms with van der Waals surface area (Å²) in [4.78, 5) is 6.43. The number of rotatable bonds is 3. The van der Waals surface area contributed by atoms with E-state index in [9.17, 15) is 8.42 Å². The molecule has 111 valence electrons. The molecule has 0 unspecified atom stereocenters. The highest BCUT2D eigenvalue weighted by atomic mass is 32.2. The number of sulfonamides is 1. The van der Waals surface area contributed by atoms with Gasteiger partial charge in [-0.1, -0.05) is 0 Å². The zero-order valence-electron chi connectivity index (χ0n) is 11.7. The summed E-state index contributed by atoms with van der Waals surface area (Å²) in [5.41, 5.74) is 1.02. The summed E-state index contributed by atoms with van der Waals surface area (Å²) in [7, 11) is -3.10. The number of hydrogen-bond donors (Lipinski definition) is 0. The van der Waals surface area contributed by atoms with Gasteiger partial charge in [-0.3, -0.25) is 0 Å². The van der Waals surface area contributed by atoms with E-state index in [1.165, 1.54) is 10.6 Å². The van der Waals surface area contributed by atoms with E-state index in [0.29, 0.717) is 26.2 Å². The van der Waals surface area contributed by atoms with E-state index >= 15 is 0 Å². The summed E-state index contributed by atoms with van der Waals surface area (Å²) in [5.74, 6) is 0.722. The molecule has 3 heterocycles. The largest absolute Gasteiger partial charge is 0.369 e. The molecule has 0 spiro atoms. The summed E-state index contributed by atoms with van der Waals surface area (Å²) < 4.78 is 26.2. The summed E-state index contributed by atoms with van der Waals surface area (Å²) in [6.07, 6.45) is 6.28. The molecule has 1 aliphatic rings. The predicted molar refractivity (Wildman–Crippen MR) is 78.8 cm³/mol. The van der Waals surface area contributed by atoms with Crippen molar-refractivity contribution >= 4 is 15.7 Å². The fraction of sp³-hybridized carbons (Fsp3) is 0.385. The second-order valence-electron chi connectivity index (χ2n) is 4.91. The Morgan fingerprint density at radius 2 is 2.00 bits per heavy atom. The maximum Gasteiger partial charge on any atom is 0.211 e. The molecule has 0 N–H and O–H groups in total. The molecule has 0 aromatic carbocycles. The van der Waals surface area contributed by atoms with Crippen molar-refractivity contribution in [1.29, 1.82) is 0 Å². The van der Waals surface area contributed by atoms with Gasteiger partial charge in [0.25, 0.3) is 0 Å². The smallest absolute Gasteiger partial charge is 0.211 e. The van der Waals surface area contributed by atoms with Gasteiger partial charge >= 0.3 is 0 Å². The van der Waals surface area contributed by atoms with Crippen LogP contribution in [-0.2, 0) is 10.0 Å². The predicted octanol–water partition coefficient (Wildman–Crippen LogP) is 0.149. The summed E-state index contributed by atoms with van der Waals surface area (Å²) in [6, 6.07) is 6.74. The topological polar surface area (TPSA) is 71.3 Å². The van der Waals surface area contributed by atoms with E-state index < -0.39 is 10.0 Å². The van der Waals surface area contributed by atoms with Crippen molar-refractivity contribution in [3.8, 4) is 5.82 Å². The van der Waals surface area contributed by atoms with Gasteiger partial charge in [0.2, 0.25) is 10.0 Å². The average molecular weight is 306 g/mol. The molecule has 0 aliphatic carbocycles. The number of nitrogens with zero attached hydrogens (tertiary/aromatic N) is 5. The van der Waals surface area contributed by atoms with Crippen LogP contribution >= 0.6 is 0 Å². The fourth-order valence-corrected chi connectivity index (χ4v) is 3.19. The van der Waals surface area contributed by atoms with Gasteiger partial charge in [-0.25, -0.2) is 18.1 Å². The highest BCUT2D eigenvalue weighted by Crippen LogP contribution is 2.19. The first kappa shape index (κ1) is 14.0. The van der Waals surface area contributed by atoms with Crippen LogP contribution in [0.1, 0.15) is 0 Å².